The largest absolute Gasteiger partial charge is 0.478 e. The fraction of sp³-hybridized carbons (Fsp3) is 0.444. The second-order valence-corrected chi connectivity index (χ2v) is 9.98. The first kappa shape index (κ1) is 23.8. The van der Waals surface area contributed by atoms with Crippen molar-refractivity contribution in [2.24, 2.45) is 0 Å². The van der Waals surface area contributed by atoms with Crippen molar-refractivity contribution in [2.45, 2.75) is 26.5 Å². The third-order valence-corrected chi connectivity index (χ3v) is 7.25. The van der Waals surface area contributed by atoms with Gasteiger partial charge in [-0.25, -0.2) is 0 Å². The van der Waals surface area contributed by atoms with Gasteiger partial charge in [0.25, 0.3) is 0 Å². The van der Waals surface area contributed by atoms with Gasteiger partial charge in [-0.05, 0) is 49.7 Å². The van der Waals surface area contributed by atoms with Crippen molar-refractivity contribution in [2.75, 3.05) is 52.9 Å². The highest BCUT2D eigenvalue weighted by Gasteiger charge is 2.35. The van der Waals surface area contributed by atoms with Crippen molar-refractivity contribution in [3.8, 4) is 17.2 Å². The Morgan fingerprint density at radius 2 is 1.86 bits per heavy atom. The number of rotatable bonds is 5. The number of carbonyl (C=O) groups is 1. The molecule has 9 heteroatoms. The molecule has 4 aliphatic rings. The van der Waals surface area contributed by atoms with Crippen molar-refractivity contribution < 1.29 is 28.5 Å². The summed E-state index contributed by atoms with van der Waals surface area (Å²) >= 11 is 6.32. The summed E-state index contributed by atoms with van der Waals surface area (Å²) in [4.78, 5) is 18.1. The Labute approximate surface area is 215 Å². The molecule has 2 aromatic carbocycles. The fourth-order valence-corrected chi connectivity index (χ4v) is 5.47. The lowest BCUT2D eigenvalue weighted by Crippen LogP contribution is -2.39. The summed E-state index contributed by atoms with van der Waals surface area (Å²) in [6.07, 6.45) is 2.76. The van der Waals surface area contributed by atoms with Crippen molar-refractivity contribution in [1.29, 1.82) is 0 Å². The van der Waals surface area contributed by atoms with Crippen LogP contribution in [0.5, 0.6) is 17.2 Å². The van der Waals surface area contributed by atoms with Gasteiger partial charge in [0.05, 0.1) is 30.9 Å². The molecule has 4 heterocycles. The van der Waals surface area contributed by atoms with E-state index in [0.717, 1.165) is 68.3 Å². The molecule has 0 unspecified atom stereocenters. The zero-order valence-corrected chi connectivity index (χ0v) is 21.1. The minimum absolute atomic E-state index is 0.143. The van der Waals surface area contributed by atoms with Gasteiger partial charge >= 0.3 is 0 Å². The van der Waals surface area contributed by atoms with Crippen molar-refractivity contribution >= 4 is 23.5 Å². The molecule has 6 rings (SSSR count). The molecular formula is C27H29ClN2O6. The standard InChI is InChI=1S/C27H29ClN2O6/c1-17-9-22-21(13-30(15-34-22)4-2-3-29-5-7-32-8-6-29)27-24(17)25(31)23(36-27)12-18-10-20(28)11-19-14-33-16-35-26(18)19/h9-12H,2-8,13-16H2,1H3/b23-12-. The normalized spacial score (nSPS) is 20.8. The predicted molar refractivity (Wildman–Crippen MR) is 134 cm³/mol. The first-order valence-corrected chi connectivity index (χ1v) is 12.7. The number of benzene rings is 2. The third kappa shape index (κ3) is 4.60. The number of nitrogens with zero attached hydrogens (tertiary/aromatic N) is 2. The smallest absolute Gasteiger partial charge is 0.232 e. The van der Waals surface area contributed by atoms with Crippen LogP contribution in [0.25, 0.3) is 6.08 Å². The molecule has 0 spiro atoms. The van der Waals surface area contributed by atoms with Gasteiger partial charge in [-0.2, -0.15) is 0 Å². The lowest BCUT2D eigenvalue weighted by molar-refractivity contribution is -0.0165. The maximum atomic E-state index is 13.4. The summed E-state index contributed by atoms with van der Waals surface area (Å²) in [7, 11) is 0. The van der Waals surface area contributed by atoms with Crippen molar-refractivity contribution in [1.82, 2.24) is 9.80 Å². The van der Waals surface area contributed by atoms with Gasteiger partial charge in [-0.3, -0.25) is 14.6 Å². The highest BCUT2D eigenvalue weighted by molar-refractivity contribution is 6.31. The minimum atomic E-state index is -0.143. The average Bonchev–Trinajstić information content (AvgIpc) is 3.21. The molecule has 1 fully saturated rings. The number of halogens is 1. The zero-order chi connectivity index (χ0) is 24.6. The average molecular weight is 513 g/mol. The predicted octanol–water partition coefficient (Wildman–Crippen LogP) is 4.01. The maximum Gasteiger partial charge on any atom is 0.232 e. The molecule has 0 bridgehead atoms. The lowest BCUT2D eigenvalue weighted by atomic mass is 9.98. The van der Waals surface area contributed by atoms with Crippen LogP contribution in [0.2, 0.25) is 5.02 Å². The van der Waals surface area contributed by atoms with Crippen molar-refractivity contribution in [3.63, 3.8) is 0 Å². The number of morpholine rings is 1. The summed E-state index contributed by atoms with van der Waals surface area (Å²) in [5, 5.41) is 0.548. The molecule has 0 aliphatic carbocycles. The SMILES string of the molecule is Cc1cc2c(c3c1C(=O)/C(=C/c1cc(Cl)cc4c1OCOC4)O3)CN(CCCN1CCOCC1)CO2. The number of ketones is 1. The highest BCUT2D eigenvalue weighted by Crippen LogP contribution is 2.44. The maximum absolute atomic E-state index is 13.4. The molecule has 0 amide bonds. The van der Waals surface area contributed by atoms with Crippen LogP contribution in [0.4, 0.5) is 0 Å². The summed E-state index contributed by atoms with van der Waals surface area (Å²) < 4.78 is 28.9. The van der Waals surface area contributed by atoms with Crippen LogP contribution in [-0.2, 0) is 22.6 Å². The zero-order valence-electron chi connectivity index (χ0n) is 20.3. The van der Waals surface area contributed by atoms with Gasteiger partial charge in [0.2, 0.25) is 5.78 Å². The summed E-state index contributed by atoms with van der Waals surface area (Å²) in [6, 6.07) is 5.54. The first-order valence-electron chi connectivity index (χ1n) is 12.4. The Bertz CT molecular complexity index is 1220. The minimum Gasteiger partial charge on any atom is -0.478 e. The third-order valence-electron chi connectivity index (χ3n) is 7.03. The van der Waals surface area contributed by atoms with Gasteiger partial charge < -0.3 is 23.7 Å². The van der Waals surface area contributed by atoms with E-state index in [2.05, 4.69) is 9.80 Å². The number of fused-ring (bicyclic) bond motifs is 4. The van der Waals surface area contributed by atoms with Crippen LogP contribution in [0.3, 0.4) is 0 Å². The van der Waals surface area contributed by atoms with E-state index in [9.17, 15) is 4.79 Å². The summed E-state index contributed by atoms with van der Waals surface area (Å²) in [6.45, 7) is 9.24. The Morgan fingerprint density at radius 3 is 2.72 bits per heavy atom. The van der Waals surface area contributed by atoms with Gasteiger partial charge in [0, 0.05) is 42.3 Å². The van der Waals surface area contributed by atoms with Crippen LogP contribution in [0, 0.1) is 6.92 Å². The Kier molecular flexibility index (Phi) is 6.62. The quantitative estimate of drug-likeness (QED) is 0.557. The van der Waals surface area contributed by atoms with E-state index >= 15 is 0 Å². The molecule has 0 N–H and O–H groups in total. The van der Waals surface area contributed by atoms with E-state index in [4.69, 9.17) is 35.3 Å². The van der Waals surface area contributed by atoms with Gasteiger partial charge in [-0.1, -0.05) is 11.6 Å². The number of hydrogen-bond donors (Lipinski definition) is 0. The van der Waals surface area contributed by atoms with E-state index in [1.54, 1.807) is 12.1 Å². The van der Waals surface area contributed by atoms with E-state index in [1.807, 2.05) is 19.1 Å². The fourth-order valence-electron chi connectivity index (χ4n) is 5.22. The molecule has 4 aliphatic heterocycles. The van der Waals surface area contributed by atoms with Crippen LogP contribution >= 0.6 is 11.6 Å². The second-order valence-electron chi connectivity index (χ2n) is 9.54. The summed E-state index contributed by atoms with van der Waals surface area (Å²) in [5.74, 6) is 2.16. The molecule has 8 nitrogen and oxygen atoms in total. The molecule has 0 aromatic heterocycles. The van der Waals surface area contributed by atoms with E-state index in [1.165, 1.54) is 0 Å². The molecule has 1 saturated heterocycles. The number of hydrogen-bond acceptors (Lipinski definition) is 8. The molecule has 36 heavy (non-hydrogen) atoms. The number of ether oxygens (including phenoxy) is 5. The highest BCUT2D eigenvalue weighted by atomic mass is 35.5. The van der Waals surface area contributed by atoms with Gasteiger partial charge in [0.15, 0.2) is 12.6 Å². The van der Waals surface area contributed by atoms with Gasteiger partial charge in [-0.15, -0.1) is 0 Å². The monoisotopic (exact) mass is 512 g/mol. The van der Waals surface area contributed by atoms with Crippen LogP contribution in [0.1, 0.15) is 39.0 Å². The molecule has 0 atom stereocenters. The molecular weight excluding hydrogens is 484 g/mol. The topological polar surface area (TPSA) is 69.7 Å². The van der Waals surface area contributed by atoms with E-state index in [-0.39, 0.29) is 18.3 Å². The second kappa shape index (κ2) is 10.0. The first-order chi connectivity index (χ1) is 17.6. The Balaban J connectivity index is 1.23. The number of carbonyl (C=O) groups excluding carboxylic acids is 1. The summed E-state index contributed by atoms with van der Waals surface area (Å²) in [5.41, 5.74) is 3.90. The van der Waals surface area contributed by atoms with Crippen LogP contribution < -0.4 is 14.2 Å². The van der Waals surface area contributed by atoms with Crippen LogP contribution in [-0.4, -0.2) is 68.5 Å². The number of allylic oxidation sites excluding steroid dienone is 1. The number of aryl methyl sites for hydroxylation is 1. The van der Waals surface area contributed by atoms with E-state index in [0.29, 0.717) is 47.5 Å². The molecule has 2 aromatic rings. The lowest BCUT2D eigenvalue weighted by Gasteiger charge is -2.31. The molecule has 190 valence electrons. The Morgan fingerprint density at radius 1 is 1.03 bits per heavy atom. The number of Topliss-reactive ketones (excluding diaryl/α,β-unsaturated/α-hetero) is 1. The molecule has 0 saturated carbocycles. The van der Waals surface area contributed by atoms with E-state index < -0.39 is 0 Å². The van der Waals surface area contributed by atoms with Crippen LogP contribution in [0.15, 0.2) is 24.0 Å². The van der Waals surface area contributed by atoms with Gasteiger partial charge in [0.1, 0.15) is 24.0 Å². The van der Waals surface area contributed by atoms with Crippen molar-refractivity contribution in [3.05, 3.63) is 56.8 Å². The molecule has 0 radical (unpaired) electrons. The Hall–Kier alpha value is -2.62.